The Morgan fingerprint density at radius 3 is 2.64 bits per heavy atom. The van der Waals surface area contributed by atoms with Crippen molar-refractivity contribution in [2.75, 3.05) is 6.54 Å². The molecular formula is C23H21N3O2. The zero-order valence-corrected chi connectivity index (χ0v) is 16.2. The number of aryl methyl sites for hydroxylation is 2. The summed E-state index contributed by atoms with van der Waals surface area (Å²) in [6.07, 6.45) is 2.20. The molecule has 0 spiro atoms. The SMILES string of the molecule is CC#Cc1cc(C)c(C2C(=O)CN(Cc3ccc(C#N)cn3)C2=O)c(CC)c1. The van der Waals surface area contributed by atoms with Gasteiger partial charge in [-0.25, -0.2) is 0 Å². The number of aromatic nitrogens is 1. The standard InChI is InChI=1S/C23H21N3O2/c1-4-6-16-9-15(3)21(18(5-2)10-16)22-20(27)14-26(23(22)28)13-19-8-7-17(11-24)12-25-19/h7-10,12,22H,5,13-14H2,1-3H3. The lowest BCUT2D eigenvalue weighted by Gasteiger charge is -2.18. The van der Waals surface area contributed by atoms with Crippen LogP contribution in [0.3, 0.4) is 0 Å². The van der Waals surface area contributed by atoms with Gasteiger partial charge in [0.1, 0.15) is 12.0 Å². The van der Waals surface area contributed by atoms with Gasteiger partial charge in [0.2, 0.25) is 5.91 Å². The fourth-order valence-corrected chi connectivity index (χ4v) is 3.67. The van der Waals surface area contributed by atoms with Crippen LogP contribution in [0.25, 0.3) is 0 Å². The van der Waals surface area contributed by atoms with Gasteiger partial charge in [-0.1, -0.05) is 12.8 Å². The third-order valence-corrected chi connectivity index (χ3v) is 4.95. The molecule has 3 rings (SSSR count). The molecule has 1 amide bonds. The maximum absolute atomic E-state index is 13.1. The van der Waals surface area contributed by atoms with Crippen molar-refractivity contribution < 1.29 is 9.59 Å². The van der Waals surface area contributed by atoms with Crippen LogP contribution < -0.4 is 0 Å². The van der Waals surface area contributed by atoms with E-state index in [2.05, 4.69) is 16.8 Å². The average Bonchev–Trinajstić information content (AvgIpc) is 2.95. The predicted octanol–water partition coefficient (Wildman–Crippen LogP) is 2.89. The largest absolute Gasteiger partial charge is 0.329 e. The molecule has 1 aromatic heterocycles. The van der Waals surface area contributed by atoms with Gasteiger partial charge in [0.05, 0.1) is 24.3 Å². The summed E-state index contributed by atoms with van der Waals surface area (Å²) < 4.78 is 0. The lowest BCUT2D eigenvalue weighted by atomic mass is 9.86. The number of hydrogen-bond donors (Lipinski definition) is 0. The highest BCUT2D eigenvalue weighted by atomic mass is 16.2. The first-order valence-electron chi connectivity index (χ1n) is 9.21. The number of carbonyl (C=O) groups excluding carboxylic acids is 2. The number of benzene rings is 1. The molecule has 2 aromatic rings. The number of carbonyl (C=O) groups is 2. The molecular weight excluding hydrogens is 350 g/mol. The monoisotopic (exact) mass is 371 g/mol. The fourth-order valence-electron chi connectivity index (χ4n) is 3.67. The highest BCUT2D eigenvalue weighted by Gasteiger charge is 2.41. The van der Waals surface area contributed by atoms with Crippen molar-refractivity contribution in [1.82, 2.24) is 9.88 Å². The average molecular weight is 371 g/mol. The fraction of sp³-hybridized carbons (Fsp3) is 0.304. The van der Waals surface area contributed by atoms with Crippen LogP contribution in [0.5, 0.6) is 0 Å². The van der Waals surface area contributed by atoms with Gasteiger partial charge >= 0.3 is 0 Å². The summed E-state index contributed by atoms with van der Waals surface area (Å²) in [5.41, 5.74) is 4.74. The smallest absolute Gasteiger partial charge is 0.238 e. The number of Topliss-reactive ketones (excluding diaryl/α,β-unsaturated/α-hetero) is 1. The summed E-state index contributed by atoms with van der Waals surface area (Å²) in [6.45, 7) is 6.06. The van der Waals surface area contributed by atoms with Crippen LogP contribution in [-0.4, -0.2) is 28.1 Å². The molecule has 1 saturated heterocycles. The van der Waals surface area contributed by atoms with Gasteiger partial charge in [-0.15, -0.1) is 5.92 Å². The topological polar surface area (TPSA) is 74.1 Å². The maximum atomic E-state index is 13.1. The van der Waals surface area contributed by atoms with Gasteiger partial charge in [-0.05, 0) is 61.2 Å². The minimum Gasteiger partial charge on any atom is -0.329 e. The summed E-state index contributed by atoms with van der Waals surface area (Å²) in [5, 5.41) is 8.87. The number of amides is 1. The lowest BCUT2D eigenvalue weighted by Crippen LogP contribution is -2.27. The van der Waals surface area contributed by atoms with Crippen LogP contribution in [0.4, 0.5) is 0 Å². The summed E-state index contributed by atoms with van der Waals surface area (Å²) in [4.78, 5) is 31.6. The van der Waals surface area contributed by atoms with Crippen LogP contribution >= 0.6 is 0 Å². The molecule has 1 aliphatic rings. The molecule has 2 heterocycles. The Kier molecular flexibility index (Phi) is 5.57. The molecule has 1 atom stereocenters. The van der Waals surface area contributed by atoms with Crippen LogP contribution in [0, 0.1) is 30.1 Å². The van der Waals surface area contributed by atoms with Crippen LogP contribution in [0.15, 0.2) is 30.5 Å². The van der Waals surface area contributed by atoms with Crippen LogP contribution in [0.1, 0.15) is 53.3 Å². The Bertz CT molecular complexity index is 1040. The van der Waals surface area contributed by atoms with E-state index in [4.69, 9.17) is 5.26 Å². The predicted molar refractivity (Wildman–Crippen MR) is 105 cm³/mol. The van der Waals surface area contributed by atoms with E-state index in [9.17, 15) is 9.59 Å². The summed E-state index contributed by atoms with van der Waals surface area (Å²) in [5.74, 6) is 4.90. The molecule has 1 aromatic carbocycles. The number of rotatable bonds is 4. The van der Waals surface area contributed by atoms with E-state index in [1.165, 1.54) is 6.20 Å². The quantitative estimate of drug-likeness (QED) is 0.612. The van der Waals surface area contributed by atoms with Crippen molar-refractivity contribution in [3.8, 4) is 17.9 Å². The van der Waals surface area contributed by atoms with Crippen molar-refractivity contribution in [2.45, 2.75) is 39.7 Å². The van der Waals surface area contributed by atoms with Crippen molar-refractivity contribution in [3.63, 3.8) is 0 Å². The Morgan fingerprint density at radius 1 is 1.25 bits per heavy atom. The van der Waals surface area contributed by atoms with Crippen molar-refractivity contribution in [3.05, 3.63) is 64.0 Å². The minimum atomic E-state index is -0.767. The number of pyridine rings is 1. The number of ketones is 1. The summed E-state index contributed by atoms with van der Waals surface area (Å²) >= 11 is 0. The molecule has 1 aliphatic heterocycles. The van der Waals surface area contributed by atoms with Crippen LogP contribution in [-0.2, 0) is 22.6 Å². The Labute approximate surface area is 165 Å². The van der Waals surface area contributed by atoms with E-state index in [0.29, 0.717) is 11.3 Å². The molecule has 5 heteroatoms. The zero-order chi connectivity index (χ0) is 20.3. The molecule has 5 nitrogen and oxygen atoms in total. The van der Waals surface area contributed by atoms with Crippen molar-refractivity contribution >= 4 is 11.7 Å². The molecule has 1 unspecified atom stereocenters. The van der Waals surface area contributed by atoms with Gasteiger partial charge in [0, 0.05) is 11.8 Å². The summed E-state index contributed by atoms with van der Waals surface area (Å²) in [6, 6.07) is 9.31. The first-order chi connectivity index (χ1) is 13.5. The highest BCUT2D eigenvalue weighted by Crippen LogP contribution is 2.33. The van der Waals surface area contributed by atoms with E-state index in [0.717, 1.165) is 28.7 Å². The third kappa shape index (κ3) is 3.66. The second kappa shape index (κ2) is 8.06. The van der Waals surface area contributed by atoms with E-state index < -0.39 is 5.92 Å². The highest BCUT2D eigenvalue weighted by molar-refractivity contribution is 6.13. The molecule has 0 bridgehead atoms. The zero-order valence-electron chi connectivity index (χ0n) is 16.2. The molecule has 0 aliphatic carbocycles. The van der Waals surface area contributed by atoms with Gasteiger partial charge in [0.15, 0.2) is 5.78 Å². The Morgan fingerprint density at radius 2 is 2.04 bits per heavy atom. The third-order valence-electron chi connectivity index (χ3n) is 4.95. The van der Waals surface area contributed by atoms with E-state index in [1.807, 2.05) is 32.0 Å². The number of nitriles is 1. The number of nitrogens with zero attached hydrogens (tertiary/aromatic N) is 3. The van der Waals surface area contributed by atoms with Crippen LogP contribution in [0.2, 0.25) is 0 Å². The van der Waals surface area contributed by atoms with E-state index in [1.54, 1.807) is 24.0 Å². The second-order valence-corrected chi connectivity index (χ2v) is 6.84. The molecule has 0 saturated carbocycles. The molecule has 1 fully saturated rings. The minimum absolute atomic E-state index is 0.0737. The molecule has 28 heavy (non-hydrogen) atoms. The van der Waals surface area contributed by atoms with Gasteiger partial charge in [-0.2, -0.15) is 5.26 Å². The van der Waals surface area contributed by atoms with E-state index in [-0.39, 0.29) is 24.8 Å². The van der Waals surface area contributed by atoms with Crippen molar-refractivity contribution in [1.29, 1.82) is 5.26 Å². The van der Waals surface area contributed by atoms with Gasteiger partial charge in [-0.3, -0.25) is 14.6 Å². The van der Waals surface area contributed by atoms with Gasteiger partial charge in [0.25, 0.3) is 0 Å². The van der Waals surface area contributed by atoms with Crippen molar-refractivity contribution in [2.24, 2.45) is 0 Å². The number of likely N-dealkylation sites (tertiary alicyclic amines) is 1. The normalized spacial score (nSPS) is 15.9. The first kappa shape index (κ1) is 19.3. The Hall–Kier alpha value is -3.44. The molecule has 0 N–H and O–H groups in total. The second-order valence-electron chi connectivity index (χ2n) is 6.84. The maximum Gasteiger partial charge on any atom is 0.238 e. The first-order valence-corrected chi connectivity index (χ1v) is 9.21. The lowest BCUT2D eigenvalue weighted by molar-refractivity contribution is -0.130. The Balaban J connectivity index is 1.91. The number of hydrogen-bond acceptors (Lipinski definition) is 4. The molecule has 0 radical (unpaired) electrons. The van der Waals surface area contributed by atoms with E-state index >= 15 is 0 Å². The summed E-state index contributed by atoms with van der Waals surface area (Å²) in [7, 11) is 0. The molecule has 140 valence electrons. The van der Waals surface area contributed by atoms with Gasteiger partial charge < -0.3 is 4.90 Å².